The van der Waals surface area contributed by atoms with Gasteiger partial charge in [-0.1, -0.05) is 76.2 Å². The van der Waals surface area contributed by atoms with E-state index in [1.54, 1.807) is 12.1 Å². The minimum Gasteiger partial charge on any atom is -0.477 e. The van der Waals surface area contributed by atoms with Gasteiger partial charge in [0.1, 0.15) is 5.69 Å². The second kappa shape index (κ2) is 10.4. The molecule has 2 aromatic heterocycles. The quantitative estimate of drug-likeness (QED) is 0.200. The number of hydrogen-bond acceptors (Lipinski definition) is 3. The summed E-state index contributed by atoms with van der Waals surface area (Å²) in [4.78, 5) is 18.8. The van der Waals surface area contributed by atoms with Crippen LogP contribution in [-0.2, 0) is 25.5 Å². The van der Waals surface area contributed by atoms with E-state index in [0.717, 1.165) is 22.3 Å². The van der Waals surface area contributed by atoms with E-state index in [4.69, 9.17) is 10.1 Å². The number of aryl methyl sites for hydroxylation is 2. The van der Waals surface area contributed by atoms with Crippen LogP contribution >= 0.6 is 0 Å². The molecule has 5 aromatic rings. The third-order valence-corrected chi connectivity index (χ3v) is 6.67. The number of aromatic nitrogens is 2. The molecule has 5 heteroatoms. The Hall–Kier alpha value is -3.66. The molecule has 0 aliphatic heterocycles. The van der Waals surface area contributed by atoms with Crippen LogP contribution in [0.5, 0.6) is 0 Å². The molecule has 0 unspecified atom stereocenters. The van der Waals surface area contributed by atoms with E-state index in [1.807, 2.05) is 0 Å². The Labute approximate surface area is 230 Å². The van der Waals surface area contributed by atoms with Crippen LogP contribution in [0.25, 0.3) is 33.3 Å². The van der Waals surface area contributed by atoms with Crippen molar-refractivity contribution in [1.82, 2.24) is 9.97 Å². The van der Waals surface area contributed by atoms with E-state index < -0.39 is 5.97 Å². The maximum atomic E-state index is 10.1. The van der Waals surface area contributed by atoms with E-state index in [0.29, 0.717) is 0 Å². The van der Waals surface area contributed by atoms with Gasteiger partial charge in [-0.05, 0) is 46.1 Å². The number of fused-ring (bicyclic) bond motifs is 5. The molecule has 0 spiro atoms. The fraction of sp³-hybridized carbons (Fsp3) is 0.156. The summed E-state index contributed by atoms with van der Waals surface area (Å²) in [6, 6.07) is 30.0. The average molecular weight is 664 g/mol. The van der Waals surface area contributed by atoms with Gasteiger partial charge >= 0.3 is 5.97 Å². The molecule has 0 fully saturated rings. The number of benzene rings is 3. The number of carboxylic acids is 1. The maximum absolute atomic E-state index is 10.1. The molecule has 1 aliphatic rings. The van der Waals surface area contributed by atoms with Crippen LogP contribution in [0, 0.1) is 19.9 Å². The van der Waals surface area contributed by atoms with E-state index in [1.165, 1.54) is 45.5 Å². The van der Waals surface area contributed by atoms with Gasteiger partial charge in [0.25, 0.3) is 0 Å². The number of rotatable bonds is 2. The molecule has 37 heavy (non-hydrogen) atoms. The van der Waals surface area contributed by atoms with Gasteiger partial charge in [-0.15, -0.1) is 34.9 Å². The number of carbonyl (C=O) groups is 1. The molecule has 0 atom stereocenters. The van der Waals surface area contributed by atoms with E-state index >= 15 is 0 Å². The Morgan fingerprint density at radius 2 is 1.62 bits per heavy atom. The molecule has 1 radical (unpaired) electrons. The van der Waals surface area contributed by atoms with Crippen molar-refractivity contribution in [3.8, 4) is 22.4 Å². The minimum absolute atomic E-state index is 0. The summed E-state index contributed by atoms with van der Waals surface area (Å²) in [7, 11) is 0. The number of carboxylic acid groups (broad SMARTS) is 1. The number of para-hydroxylation sites is 1. The van der Waals surface area contributed by atoms with Gasteiger partial charge in [-0.3, -0.25) is 4.98 Å². The summed E-state index contributed by atoms with van der Waals surface area (Å²) in [5, 5.41) is 9.57. The van der Waals surface area contributed by atoms with Crippen molar-refractivity contribution in [3.63, 3.8) is 0 Å². The van der Waals surface area contributed by atoms with Crippen molar-refractivity contribution < 1.29 is 30.0 Å². The van der Waals surface area contributed by atoms with Crippen molar-refractivity contribution in [1.29, 1.82) is 0 Å². The fourth-order valence-electron chi connectivity index (χ4n) is 5.21. The third-order valence-electron chi connectivity index (χ3n) is 6.67. The normalized spacial score (nSPS) is 12.5. The minimum atomic E-state index is -0.990. The van der Waals surface area contributed by atoms with Gasteiger partial charge in [0.15, 0.2) is 0 Å². The average Bonchev–Trinajstić information content (AvgIpc) is 3.11. The van der Waals surface area contributed by atoms with Gasteiger partial charge in [-0.25, -0.2) is 9.78 Å². The van der Waals surface area contributed by atoms with Gasteiger partial charge in [0.2, 0.25) is 0 Å². The summed E-state index contributed by atoms with van der Waals surface area (Å²) < 4.78 is 0. The molecule has 0 saturated carbocycles. The molecule has 2 heterocycles. The molecular weight excluding hydrogens is 637 g/mol. The number of pyridine rings is 2. The zero-order chi connectivity index (χ0) is 25.4. The Bertz CT molecular complexity index is 1590. The van der Waals surface area contributed by atoms with Gasteiger partial charge < -0.3 is 5.11 Å². The zero-order valence-corrected chi connectivity index (χ0v) is 23.6. The predicted octanol–water partition coefficient (Wildman–Crippen LogP) is 7.40. The van der Waals surface area contributed by atoms with Crippen molar-refractivity contribution in [2.75, 3.05) is 0 Å². The van der Waals surface area contributed by atoms with Crippen LogP contribution in [0.3, 0.4) is 0 Å². The first kappa shape index (κ1) is 26.4. The third kappa shape index (κ3) is 4.85. The molecule has 187 valence electrons. The summed E-state index contributed by atoms with van der Waals surface area (Å²) in [5.74, 6) is -0.990. The van der Waals surface area contributed by atoms with Gasteiger partial charge in [0, 0.05) is 37.1 Å². The van der Waals surface area contributed by atoms with Crippen LogP contribution in [0.15, 0.2) is 85.1 Å². The van der Waals surface area contributed by atoms with Crippen LogP contribution in [0.1, 0.15) is 46.6 Å². The van der Waals surface area contributed by atoms with Gasteiger partial charge in [0.05, 0.1) is 5.52 Å². The van der Waals surface area contributed by atoms with Crippen molar-refractivity contribution in [2.24, 2.45) is 0 Å². The Morgan fingerprint density at radius 3 is 2.30 bits per heavy atom. The molecule has 1 aliphatic carbocycles. The summed E-state index contributed by atoms with van der Waals surface area (Å²) in [6.45, 7) is 8.91. The van der Waals surface area contributed by atoms with Gasteiger partial charge in [-0.2, -0.15) is 0 Å². The van der Waals surface area contributed by atoms with Crippen molar-refractivity contribution >= 4 is 16.9 Å². The fourth-order valence-corrected chi connectivity index (χ4v) is 5.21. The van der Waals surface area contributed by atoms with E-state index in [-0.39, 0.29) is 31.2 Å². The second-order valence-corrected chi connectivity index (χ2v) is 9.67. The molecule has 3 aromatic carbocycles. The molecule has 1 N–H and O–H groups in total. The molecule has 4 nitrogen and oxygen atoms in total. The number of nitrogens with zero attached hydrogens (tertiary/aromatic N) is 2. The molecule has 0 bridgehead atoms. The first-order chi connectivity index (χ1) is 17.3. The topological polar surface area (TPSA) is 63.1 Å². The van der Waals surface area contributed by atoms with Crippen LogP contribution in [0.2, 0.25) is 0 Å². The molecular formula is C32H27IrN2O2-. The zero-order valence-electron chi connectivity index (χ0n) is 21.2. The summed E-state index contributed by atoms with van der Waals surface area (Å²) in [5.41, 5.74) is 11.0. The standard InChI is InChI=1S/C26H22N.C6H5NO2.Ir/c1-16-13-17(2)15-18(14-16)25-23-19-9-5-7-11-21(19)26(3,4)24(23)20-10-6-8-12-22(20)27-25;8-6(9)5-3-1-2-4-7-5;/h5-14H,1-4H3;1-4H,(H,8,9);/q-1;;. The largest absolute Gasteiger partial charge is 0.477 e. The maximum Gasteiger partial charge on any atom is 0.354 e. The van der Waals surface area contributed by atoms with Crippen molar-refractivity contribution in [2.45, 2.75) is 33.1 Å². The SMILES string of the molecule is Cc1[c-]c(-c2nc3ccccc3c3c2-c2ccccc2C3(C)C)cc(C)c1.O=C(O)c1ccccn1.[Ir]. The van der Waals surface area contributed by atoms with Crippen LogP contribution in [0.4, 0.5) is 0 Å². The first-order valence-corrected chi connectivity index (χ1v) is 12.0. The Kier molecular flexibility index (Phi) is 7.40. The Morgan fingerprint density at radius 1 is 0.919 bits per heavy atom. The molecule has 6 rings (SSSR count). The predicted molar refractivity (Wildman–Crippen MR) is 144 cm³/mol. The summed E-state index contributed by atoms with van der Waals surface area (Å²) >= 11 is 0. The molecule has 0 saturated heterocycles. The number of aromatic carboxylic acids is 1. The van der Waals surface area contributed by atoms with Crippen LogP contribution < -0.4 is 0 Å². The Balaban J connectivity index is 0.000000274. The number of hydrogen-bond donors (Lipinski definition) is 1. The molecule has 0 amide bonds. The van der Waals surface area contributed by atoms with E-state index in [9.17, 15) is 4.79 Å². The summed E-state index contributed by atoms with van der Waals surface area (Å²) in [6.07, 6.45) is 1.45. The van der Waals surface area contributed by atoms with Crippen molar-refractivity contribution in [3.05, 3.63) is 119 Å². The smallest absolute Gasteiger partial charge is 0.354 e. The first-order valence-electron chi connectivity index (χ1n) is 12.0. The van der Waals surface area contributed by atoms with E-state index in [2.05, 4.69) is 99.4 Å². The monoisotopic (exact) mass is 664 g/mol. The van der Waals surface area contributed by atoms with Crippen LogP contribution in [-0.4, -0.2) is 21.0 Å². The second-order valence-electron chi connectivity index (χ2n) is 9.67.